The van der Waals surface area contributed by atoms with Gasteiger partial charge >= 0.3 is 5.97 Å². The normalized spacial score (nSPS) is 13.8. The van der Waals surface area contributed by atoms with E-state index >= 15 is 0 Å². The number of fused-ring (bicyclic) bond motifs is 1. The summed E-state index contributed by atoms with van der Waals surface area (Å²) in [7, 11) is 0. The Balaban J connectivity index is 2.10. The lowest BCUT2D eigenvalue weighted by atomic mass is 10.1. The van der Waals surface area contributed by atoms with Gasteiger partial charge in [-0.2, -0.15) is 0 Å². The summed E-state index contributed by atoms with van der Waals surface area (Å²) in [6.45, 7) is -0.933. The lowest BCUT2D eigenvalue weighted by Gasteiger charge is -2.12. The van der Waals surface area contributed by atoms with Crippen molar-refractivity contribution in [3.63, 3.8) is 0 Å². The predicted molar refractivity (Wildman–Crippen MR) is 60.2 cm³/mol. The first-order chi connectivity index (χ1) is 9.41. The number of rotatable bonds is 5. The topological polar surface area (TPSA) is 83.9 Å². The van der Waals surface area contributed by atoms with Crippen LogP contribution >= 0.6 is 0 Å². The number of hydrogen-bond donors (Lipinski definition) is 1. The van der Waals surface area contributed by atoms with Gasteiger partial charge in [-0.15, -0.1) is 0 Å². The van der Waals surface area contributed by atoms with Crippen LogP contribution in [0.1, 0.15) is 20.7 Å². The fourth-order valence-electron chi connectivity index (χ4n) is 1.80. The lowest BCUT2D eigenvalue weighted by Crippen LogP contribution is -2.33. The molecule has 2 amide bonds. The number of hydrogen-bond acceptors (Lipinski definition) is 4. The van der Waals surface area contributed by atoms with Gasteiger partial charge in [0.1, 0.15) is 6.61 Å². The van der Waals surface area contributed by atoms with Crippen LogP contribution in [0.4, 0.5) is 8.78 Å². The molecular formula is C12H9F2NO5. The molecule has 106 valence electrons. The first-order valence-corrected chi connectivity index (χ1v) is 5.56. The second-order valence-corrected chi connectivity index (χ2v) is 4.02. The maximum Gasteiger partial charge on any atom is 0.329 e. The van der Waals surface area contributed by atoms with E-state index in [0.717, 1.165) is 4.90 Å². The molecule has 0 aromatic heterocycles. The van der Waals surface area contributed by atoms with Crippen molar-refractivity contribution in [2.45, 2.75) is 0 Å². The summed E-state index contributed by atoms with van der Waals surface area (Å²) in [6, 6.07) is 1.34. The van der Waals surface area contributed by atoms with Gasteiger partial charge in [0.05, 0.1) is 24.3 Å². The van der Waals surface area contributed by atoms with Crippen molar-refractivity contribution in [1.82, 2.24) is 4.90 Å². The van der Waals surface area contributed by atoms with Crippen molar-refractivity contribution in [2.24, 2.45) is 0 Å². The number of carbonyl (C=O) groups excluding carboxylic acids is 2. The summed E-state index contributed by atoms with van der Waals surface area (Å²) in [4.78, 5) is 34.7. The second kappa shape index (κ2) is 5.33. The van der Waals surface area contributed by atoms with Crippen molar-refractivity contribution < 1.29 is 33.0 Å². The molecule has 1 aromatic carbocycles. The average Bonchev–Trinajstić information content (AvgIpc) is 2.60. The molecule has 8 heteroatoms. The van der Waals surface area contributed by atoms with E-state index in [2.05, 4.69) is 0 Å². The summed E-state index contributed by atoms with van der Waals surface area (Å²) in [6.07, 6.45) is 0. The Morgan fingerprint density at radius 2 is 1.65 bits per heavy atom. The number of carbonyl (C=O) groups is 3. The zero-order valence-electron chi connectivity index (χ0n) is 10.1. The van der Waals surface area contributed by atoms with E-state index in [-0.39, 0.29) is 24.3 Å². The molecule has 0 atom stereocenters. The van der Waals surface area contributed by atoms with Crippen molar-refractivity contribution in [3.05, 3.63) is 34.9 Å². The SMILES string of the molecule is O=C(O)COCCN1C(=O)c2cc(F)c(F)cc2C1=O. The molecule has 0 unspecified atom stereocenters. The molecule has 0 fully saturated rings. The van der Waals surface area contributed by atoms with Crippen LogP contribution in [0, 0.1) is 11.6 Å². The molecule has 1 aliphatic heterocycles. The van der Waals surface area contributed by atoms with Crippen LogP contribution < -0.4 is 0 Å². The van der Waals surface area contributed by atoms with E-state index in [0.29, 0.717) is 12.1 Å². The Kier molecular flexibility index (Phi) is 3.75. The van der Waals surface area contributed by atoms with Gasteiger partial charge in [0.2, 0.25) is 0 Å². The lowest BCUT2D eigenvalue weighted by molar-refractivity contribution is -0.142. The molecule has 1 heterocycles. The number of aliphatic carboxylic acids is 1. The van der Waals surface area contributed by atoms with E-state index in [4.69, 9.17) is 9.84 Å². The average molecular weight is 285 g/mol. The van der Waals surface area contributed by atoms with Gasteiger partial charge in [-0.1, -0.05) is 0 Å². The summed E-state index contributed by atoms with van der Waals surface area (Å²) < 4.78 is 30.8. The van der Waals surface area contributed by atoms with Crippen LogP contribution in [0.5, 0.6) is 0 Å². The van der Waals surface area contributed by atoms with Gasteiger partial charge in [-0.3, -0.25) is 14.5 Å². The minimum atomic E-state index is -1.21. The third kappa shape index (κ3) is 2.50. The highest BCUT2D eigenvalue weighted by atomic mass is 19.2. The highest BCUT2D eigenvalue weighted by Gasteiger charge is 2.36. The van der Waals surface area contributed by atoms with Crippen molar-refractivity contribution in [2.75, 3.05) is 19.8 Å². The van der Waals surface area contributed by atoms with Crippen LogP contribution in [0.2, 0.25) is 0 Å². The van der Waals surface area contributed by atoms with Gasteiger partial charge in [0.25, 0.3) is 11.8 Å². The van der Waals surface area contributed by atoms with Crippen molar-refractivity contribution in [1.29, 1.82) is 0 Å². The molecule has 0 spiro atoms. The minimum absolute atomic E-state index is 0.178. The number of carboxylic acid groups (broad SMARTS) is 1. The molecule has 1 N–H and O–H groups in total. The Bertz CT molecular complexity index is 561. The Morgan fingerprint density at radius 1 is 1.15 bits per heavy atom. The molecule has 20 heavy (non-hydrogen) atoms. The van der Waals surface area contributed by atoms with Crippen LogP contribution in [0.3, 0.4) is 0 Å². The Labute approximate surface area is 111 Å². The number of ether oxygens (including phenoxy) is 1. The standard InChI is InChI=1S/C12H9F2NO5/c13-8-3-6-7(4-9(8)14)12(19)15(11(6)18)1-2-20-5-10(16)17/h3-4H,1-2,5H2,(H,16,17). The quantitative estimate of drug-likeness (QED) is 0.634. The van der Waals surface area contributed by atoms with Crippen LogP contribution in [-0.2, 0) is 9.53 Å². The maximum atomic E-state index is 13.0. The van der Waals surface area contributed by atoms with Crippen LogP contribution in [0.25, 0.3) is 0 Å². The smallest absolute Gasteiger partial charge is 0.329 e. The maximum absolute atomic E-state index is 13.0. The molecule has 0 saturated carbocycles. The molecule has 6 nitrogen and oxygen atoms in total. The summed E-state index contributed by atoms with van der Waals surface area (Å²) in [5, 5.41) is 8.36. The summed E-state index contributed by atoms with van der Waals surface area (Å²) in [5.41, 5.74) is -0.431. The number of halogens is 2. The monoisotopic (exact) mass is 285 g/mol. The predicted octanol–water partition coefficient (Wildman–Crippen LogP) is 0.662. The zero-order valence-corrected chi connectivity index (χ0v) is 10.1. The number of nitrogens with zero attached hydrogens (tertiary/aromatic N) is 1. The van der Waals surface area contributed by atoms with Gasteiger partial charge in [0, 0.05) is 0 Å². The van der Waals surface area contributed by atoms with E-state index in [1.54, 1.807) is 0 Å². The second-order valence-electron chi connectivity index (χ2n) is 4.02. The number of carboxylic acids is 1. The van der Waals surface area contributed by atoms with Gasteiger partial charge < -0.3 is 9.84 Å². The fraction of sp³-hybridized carbons (Fsp3) is 0.250. The van der Waals surface area contributed by atoms with Crippen molar-refractivity contribution in [3.8, 4) is 0 Å². The highest BCUT2D eigenvalue weighted by molar-refractivity contribution is 6.21. The first kappa shape index (κ1) is 14.1. The molecule has 2 rings (SSSR count). The van der Waals surface area contributed by atoms with E-state index in [9.17, 15) is 23.2 Å². The van der Waals surface area contributed by atoms with E-state index in [1.807, 2.05) is 0 Å². The number of imide groups is 1. The largest absolute Gasteiger partial charge is 0.480 e. The first-order valence-electron chi connectivity index (χ1n) is 5.56. The van der Waals surface area contributed by atoms with E-state index in [1.165, 1.54) is 0 Å². The minimum Gasteiger partial charge on any atom is -0.480 e. The molecular weight excluding hydrogens is 276 g/mol. The molecule has 0 aliphatic carbocycles. The Morgan fingerprint density at radius 3 is 2.10 bits per heavy atom. The summed E-state index contributed by atoms with van der Waals surface area (Å²) >= 11 is 0. The van der Waals surface area contributed by atoms with Gasteiger partial charge in [0.15, 0.2) is 11.6 Å². The molecule has 0 radical (unpaired) electrons. The number of benzene rings is 1. The fourth-order valence-corrected chi connectivity index (χ4v) is 1.80. The molecule has 0 saturated heterocycles. The molecule has 1 aliphatic rings. The molecule has 0 bridgehead atoms. The Hall–Kier alpha value is -2.35. The van der Waals surface area contributed by atoms with Gasteiger partial charge in [-0.25, -0.2) is 13.6 Å². The molecule has 1 aromatic rings. The van der Waals surface area contributed by atoms with Crippen LogP contribution in [-0.4, -0.2) is 47.5 Å². The third-order valence-corrected chi connectivity index (χ3v) is 2.70. The van der Waals surface area contributed by atoms with Crippen molar-refractivity contribution >= 4 is 17.8 Å². The van der Waals surface area contributed by atoms with Gasteiger partial charge in [-0.05, 0) is 12.1 Å². The van der Waals surface area contributed by atoms with Crippen LogP contribution in [0.15, 0.2) is 12.1 Å². The highest BCUT2D eigenvalue weighted by Crippen LogP contribution is 2.25. The van der Waals surface area contributed by atoms with E-state index < -0.39 is 36.0 Å². The summed E-state index contributed by atoms with van der Waals surface area (Å²) in [5.74, 6) is -5.13. The third-order valence-electron chi connectivity index (χ3n) is 2.70. The number of amides is 2. The zero-order chi connectivity index (χ0) is 14.9.